The highest BCUT2D eigenvalue weighted by Gasteiger charge is 2.03. The minimum Gasteiger partial charge on any atom is -0.462 e. The molecular formula is C9H14Cl2O2Si. The largest absolute Gasteiger partial charge is 0.462 e. The number of halogens is 2. The second-order valence-corrected chi connectivity index (χ2v) is 6.19. The summed E-state index contributed by atoms with van der Waals surface area (Å²) in [5.74, 6) is -0.319. The molecule has 0 unspecified atom stereocenters. The zero-order chi connectivity index (χ0) is 11.0. The topological polar surface area (TPSA) is 26.3 Å². The van der Waals surface area contributed by atoms with E-state index in [-0.39, 0.29) is 10.4 Å². The van der Waals surface area contributed by atoms with Gasteiger partial charge in [-0.3, -0.25) is 0 Å². The Labute approximate surface area is 97.4 Å². The minimum atomic E-state index is -0.319. The molecule has 0 atom stereocenters. The van der Waals surface area contributed by atoms with E-state index in [1.54, 1.807) is 6.92 Å². The van der Waals surface area contributed by atoms with Crippen LogP contribution in [0.25, 0.3) is 0 Å². The SMILES string of the molecule is C=C(C)C(=O)OCCCC[Si]C(Cl)Cl. The maximum Gasteiger partial charge on any atom is 0.333 e. The molecule has 2 radical (unpaired) electrons. The van der Waals surface area contributed by atoms with Gasteiger partial charge in [0.1, 0.15) is 0 Å². The molecule has 0 bridgehead atoms. The summed E-state index contributed by atoms with van der Waals surface area (Å²) in [6, 6.07) is 0.988. The predicted molar refractivity (Wildman–Crippen MR) is 61.1 cm³/mol. The van der Waals surface area contributed by atoms with Crippen LogP contribution in [-0.4, -0.2) is 26.6 Å². The second kappa shape index (κ2) is 8.33. The summed E-state index contributed by atoms with van der Waals surface area (Å²) >= 11 is 11.1. The first-order chi connectivity index (χ1) is 6.54. The zero-order valence-corrected chi connectivity index (χ0v) is 10.7. The van der Waals surface area contributed by atoms with E-state index in [1.807, 2.05) is 0 Å². The number of ether oxygens (including phenoxy) is 1. The van der Waals surface area contributed by atoms with Crippen LogP contribution in [0.5, 0.6) is 0 Å². The van der Waals surface area contributed by atoms with Crippen molar-refractivity contribution in [3.05, 3.63) is 12.2 Å². The number of esters is 1. The summed E-state index contributed by atoms with van der Waals surface area (Å²) in [5.41, 5.74) is 0.438. The minimum absolute atomic E-state index is 0.257. The number of hydrogen-bond acceptors (Lipinski definition) is 2. The van der Waals surface area contributed by atoms with Crippen LogP contribution in [-0.2, 0) is 9.53 Å². The molecule has 0 aromatic carbocycles. The van der Waals surface area contributed by atoms with Crippen molar-refractivity contribution in [3.8, 4) is 0 Å². The number of carbonyl (C=O) groups is 1. The van der Waals surface area contributed by atoms with Gasteiger partial charge in [0.25, 0.3) is 0 Å². The van der Waals surface area contributed by atoms with Crippen LogP contribution >= 0.6 is 23.2 Å². The van der Waals surface area contributed by atoms with Crippen molar-refractivity contribution < 1.29 is 9.53 Å². The molecule has 0 aliphatic carbocycles. The van der Waals surface area contributed by atoms with Crippen molar-refractivity contribution in [1.29, 1.82) is 0 Å². The Kier molecular flexibility index (Phi) is 8.33. The Morgan fingerprint density at radius 3 is 2.64 bits per heavy atom. The molecule has 0 amide bonds. The van der Waals surface area contributed by atoms with Crippen molar-refractivity contribution in [2.45, 2.75) is 30.3 Å². The first-order valence-corrected chi connectivity index (χ1v) is 6.54. The van der Waals surface area contributed by atoms with Crippen LogP contribution in [0.3, 0.4) is 0 Å². The van der Waals surface area contributed by atoms with E-state index >= 15 is 0 Å². The highest BCUT2D eigenvalue weighted by molar-refractivity contribution is 6.68. The van der Waals surface area contributed by atoms with Gasteiger partial charge in [-0.2, -0.15) is 0 Å². The van der Waals surface area contributed by atoms with Crippen LogP contribution in [0.2, 0.25) is 6.04 Å². The molecule has 0 aromatic rings. The lowest BCUT2D eigenvalue weighted by Crippen LogP contribution is -2.07. The Morgan fingerprint density at radius 1 is 1.50 bits per heavy atom. The molecular weight excluding hydrogens is 239 g/mol. The fourth-order valence-electron chi connectivity index (χ4n) is 0.726. The molecule has 0 spiro atoms. The molecule has 0 saturated carbocycles. The molecule has 0 N–H and O–H groups in total. The number of rotatable bonds is 7. The normalized spacial score (nSPS) is 10.3. The summed E-state index contributed by atoms with van der Waals surface area (Å²) in [6.45, 7) is 5.57. The fraction of sp³-hybridized carbons (Fsp3) is 0.667. The average Bonchev–Trinajstić information content (AvgIpc) is 2.09. The van der Waals surface area contributed by atoms with Crippen LogP contribution in [0.4, 0.5) is 0 Å². The molecule has 0 aromatic heterocycles. The Morgan fingerprint density at radius 2 is 2.14 bits per heavy atom. The van der Waals surface area contributed by atoms with E-state index < -0.39 is 0 Å². The van der Waals surface area contributed by atoms with Crippen molar-refractivity contribution in [1.82, 2.24) is 0 Å². The Hall–Kier alpha value is 0.00688. The summed E-state index contributed by atoms with van der Waals surface area (Å²) in [6.07, 6.45) is 1.84. The predicted octanol–water partition coefficient (Wildman–Crippen LogP) is 2.77. The van der Waals surface area contributed by atoms with E-state index in [2.05, 4.69) is 6.58 Å². The lowest BCUT2D eigenvalue weighted by molar-refractivity contribution is -0.139. The Bertz CT molecular complexity index is 195. The van der Waals surface area contributed by atoms with Gasteiger partial charge in [-0.05, 0) is 13.3 Å². The summed E-state index contributed by atoms with van der Waals surface area (Å²) in [4.78, 5) is 10.9. The van der Waals surface area contributed by atoms with Gasteiger partial charge in [0.2, 0.25) is 0 Å². The summed E-state index contributed by atoms with van der Waals surface area (Å²) in [7, 11) is 0.563. The zero-order valence-electron chi connectivity index (χ0n) is 8.19. The third-order valence-electron chi connectivity index (χ3n) is 1.45. The summed E-state index contributed by atoms with van der Waals surface area (Å²) in [5, 5.41) is 0. The van der Waals surface area contributed by atoms with Gasteiger partial charge in [0.05, 0.1) is 20.6 Å². The third-order valence-corrected chi connectivity index (χ3v) is 3.33. The second-order valence-electron chi connectivity index (χ2n) is 2.88. The van der Waals surface area contributed by atoms with Crippen LogP contribution in [0.1, 0.15) is 19.8 Å². The standard InChI is InChI=1S/C9H14Cl2O2Si/c1-7(2)8(12)13-5-3-4-6-14-9(10)11/h9H,1,3-6H2,2H3. The lowest BCUT2D eigenvalue weighted by Gasteiger charge is -2.03. The van der Waals surface area contributed by atoms with E-state index in [1.165, 1.54) is 0 Å². The van der Waals surface area contributed by atoms with Crippen LogP contribution < -0.4 is 0 Å². The highest BCUT2D eigenvalue weighted by Crippen LogP contribution is 2.05. The van der Waals surface area contributed by atoms with E-state index in [0.717, 1.165) is 18.9 Å². The molecule has 0 saturated heterocycles. The van der Waals surface area contributed by atoms with E-state index in [4.69, 9.17) is 27.9 Å². The number of unbranched alkanes of at least 4 members (excludes halogenated alkanes) is 1. The van der Waals surface area contributed by atoms with Gasteiger partial charge in [-0.1, -0.05) is 19.0 Å². The highest BCUT2D eigenvalue weighted by atomic mass is 35.5. The van der Waals surface area contributed by atoms with Gasteiger partial charge in [-0.15, -0.1) is 23.2 Å². The van der Waals surface area contributed by atoms with Gasteiger partial charge in [0, 0.05) is 5.57 Å². The number of carbonyl (C=O) groups excluding carboxylic acids is 1. The van der Waals surface area contributed by atoms with Crippen LogP contribution in [0, 0.1) is 0 Å². The molecule has 0 fully saturated rings. The molecule has 0 heterocycles. The summed E-state index contributed by atoms with van der Waals surface area (Å²) < 4.78 is 4.65. The molecule has 0 rings (SSSR count). The number of alkyl halides is 2. The third kappa shape index (κ3) is 8.60. The monoisotopic (exact) mass is 252 g/mol. The van der Waals surface area contributed by atoms with Crippen molar-refractivity contribution in [2.75, 3.05) is 6.61 Å². The lowest BCUT2D eigenvalue weighted by atomic mass is 10.3. The van der Waals surface area contributed by atoms with Gasteiger partial charge in [0.15, 0.2) is 0 Å². The molecule has 0 aliphatic rings. The number of hydrogen-bond donors (Lipinski definition) is 0. The maximum absolute atomic E-state index is 10.9. The first-order valence-electron chi connectivity index (χ1n) is 4.38. The average molecular weight is 253 g/mol. The smallest absolute Gasteiger partial charge is 0.333 e. The quantitative estimate of drug-likeness (QED) is 0.229. The van der Waals surface area contributed by atoms with E-state index in [0.29, 0.717) is 21.7 Å². The van der Waals surface area contributed by atoms with Gasteiger partial charge >= 0.3 is 5.97 Å². The molecule has 14 heavy (non-hydrogen) atoms. The molecule has 0 aliphatic heterocycles. The Balaban J connectivity index is 3.22. The van der Waals surface area contributed by atoms with Crippen molar-refractivity contribution in [2.24, 2.45) is 0 Å². The van der Waals surface area contributed by atoms with Crippen molar-refractivity contribution in [3.63, 3.8) is 0 Å². The van der Waals surface area contributed by atoms with Gasteiger partial charge in [-0.25, -0.2) is 4.79 Å². The first kappa shape index (κ1) is 14.0. The van der Waals surface area contributed by atoms with Crippen LogP contribution in [0.15, 0.2) is 12.2 Å². The van der Waals surface area contributed by atoms with E-state index in [9.17, 15) is 4.79 Å². The molecule has 80 valence electrons. The maximum atomic E-state index is 10.9. The van der Waals surface area contributed by atoms with Gasteiger partial charge < -0.3 is 4.74 Å². The fourth-order valence-corrected chi connectivity index (χ4v) is 2.05. The van der Waals surface area contributed by atoms with Crippen molar-refractivity contribution >= 4 is 38.7 Å². The molecule has 5 heteroatoms. The molecule has 2 nitrogen and oxygen atoms in total.